The van der Waals surface area contributed by atoms with Crippen molar-refractivity contribution < 1.29 is 13.2 Å². The third-order valence-electron chi connectivity index (χ3n) is 3.20. The first-order chi connectivity index (χ1) is 8.44. The van der Waals surface area contributed by atoms with Crippen molar-refractivity contribution in [1.29, 1.82) is 0 Å². The maximum atomic E-state index is 11.7. The number of amides is 1. The molecule has 1 aliphatic carbocycles. The smallest absolute Gasteiger partial charge is 0.223 e. The van der Waals surface area contributed by atoms with Gasteiger partial charge in [0.25, 0.3) is 0 Å². The van der Waals surface area contributed by atoms with Crippen LogP contribution in [0.25, 0.3) is 0 Å². The highest BCUT2D eigenvalue weighted by Crippen LogP contribution is 2.23. The molecule has 1 amide bonds. The van der Waals surface area contributed by atoms with Gasteiger partial charge in [-0.3, -0.25) is 4.79 Å². The van der Waals surface area contributed by atoms with Gasteiger partial charge in [-0.25, -0.2) is 13.1 Å². The van der Waals surface area contributed by atoms with E-state index >= 15 is 0 Å². The molecule has 0 saturated heterocycles. The molecule has 0 spiro atoms. The molecule has 8 heteroatoms. The molecule has 0 aromatic rings. The summed E-state index contributed by atoms with van der Waals surface area (Å²) in [6.45, 7) is 2.45. The van der Waals surface area contributed by atoms with E-state index in [4.69, 9.17) is 5.73 Å². The van der Waals surface area contributed by atoms with Gasteiger partial charge in [0.05, 0.1) is 5.75 Å². The van der Waals surface area contributed by atoms with Crippen LogP contribution in [0.3, 0.4) is 0 Å². The topological polar surface area (TPSA) is 101 Å². The van der Waals surface area contributed by atoms with E-state index in [1.807, 2.05) is 0 Å². The Kier molecular flexibility index (Phi) is 8.56. The molecule has 1 saturated carbocycles. The van der Waals surface area contributed by atoms with Crippen molar-refractivity contribution in [3.05, 3.63) is 0 Å². The summed E-state index contributed by atoms with van der Waals surface area (Å²) in [4.78, 5) is 11.7. The van der Waals surface area contributed by atoms with Gasteiger partial charge in [0.1, 0.15) is 0 Å². The molecule has 2 unspecified atom stereocenters. The Morgan fingerprint density at radius 3 is 2.53 bits per heavy atom. The largest absolute Gasteiger partial charge is 0.356 e. The highest BCUT2D eigenvalue weighted by Gasteiger charge is 2.27. The molecular weight excluding hydrogens is 290 g/mol. The van der Waals surface area contributed by atoms with E-state index < -0.39 is 10.0 Å². The van der Waals surface area contributed by atoms with Crippen molar-refractivity contribution >= 4 is 28.3 Å². The summed E-state index contributed by atoms with van der Waals surface area (Å²) in [6, 6.07) is 0.150. The summed E-state index contributed by atoms with van der Waals surface area (Å²) >= 11 is 0. The SMILES string of the molecule is CCS(=O)(=O)NCCCNC(=O)C1CCC(N)C1.Cl. The van der Waals surface area contributed by atoms with E-state index in [0.717, 1.165) is 19.3 Å². The predicted molar refractivity (Wildman–Crippen MR) is 77.7 cm³/mol. The molecule has 2 atom stereocenters. The molecule has 0 aliphatic heterocycles. The van der Waals surface area contributed by atoms with Gasteiger partial charge in [0.2, 0.25) is 15.9 Å². The summed E-state index contributed by atoms with van der Waals surface area (Å²) in [6.07, 6.45) is 3.13. The maximum Gasteiger partial charge on any atom is 0.223 e. The van der Waals surface area contributed by atoms with Crippen molar-refractivity contribution in [3.63, 3.8) is 0 Å². The second-order valence-corrected chi connectivity index (χ2v) is 6.81. The number of sulfonamides is 1. The average Bonchev–Trinajstić information content (AvgIpc) is 2.75. The predicted octanol–water partition coefficient (Wildman–Crippen LogP) is -0.0188. The second-order valence-electron chi connectivity index (χ2n) is 4.71. The number of halogens is 1. The lowest BCUT2D eigenvalue weighted by Crippen LogP contribution is -2.33. The van der Waals surface area contributed by atoms with Crippen molar-refractivity contribution in [2.45, 2.75) is 38.6 Å². The molecule has 0 heterocycles. The van der Waals surface area contributed by atoms with Crippen LogP contribution in [0.15, 0.2) is 0 Å². The average molecular weight is 314 g/mol. The minimum absolute atomic E-state index is 0. The molecule has 1 fully saturated rings. The Balaban J connectivity index is 0.00000324. The number of nitrogens with one attached hydrogen (secondary N) is 2. The summed E-state index contributed by atoms with van der Waals surface area (Å²) < 4.78 is 24.7. The second kappa shape index (κ2) is 8.73. The fourth-order valence-electron chi connectivity index (χ4n) is 2.03. The number of rotatable bonds is 7. The van der Waals surface area contributed by atoms with Crippen LogP contribution in [0.4, 0.5) is 0 Å². The quantitative estimate of drug-likeness (QED) is 0.575. The van der Waals surface area contributed by atoms with Crippen molar-refractivity contribution in [2.24, 2.45) is 11.7 Å². The summed E-state index contributed by atoms with van der Waals surface area (Å²) in [5.41, 5.74) is 5.75. The highest BCUT2D eigenvalue weighted by atomic mass is 35.5. The van der Waals surface area contributed by atoms with Crippen LogP contribution in [-0.2, 0) is 14.8 Å². The van der Waals surface area contributed by atoms with E-state index in [1.165, 1.54) is 0 Å². The van der Waals surface area contributed by atoms with Crippen molar-refractivity contribution in [3.8, 4) is 0 Å². The molecule has 1 aliphatic rings. The van der Waals surface area contributed by atoms with Crippen LogP contribution < -0.4 is 15.8 Å². The normalized spacial score (nSPS) is 22.8. The molecule has 6 nitrogen and oxygen atoms in total. The van der Waals surface area contributed by atoms with E-state index in [-0.39, 0.29) is 36.0 Å². The minimum atomic E-state index is -3.12. The Labute approximate surface area is 121 Å². The fraction of sp³-hybridized carbons (Fsp3) is 0.909. The van der Waals surface area contributed by atoms with Gasteiger partial charge in [0.15, 0.2) is 0 Å². The monoisotopic (exact) mass is 313 g/mol. The molecule has 0 bridgehead atoms. The standard InChI is InChI=1S/C11H23N3O3S.ClH/c1-2-18(16,17)14-7-3-6-13-11(15)9-4-5-10(12)8-9;/h9-10,14H,2-8,12H2,1H3,(H,13,15);1H. The van der Waals surface area contributed by atoms with Gasteiger partial charge in [-0.2, -0.15) is 0 Å². The number of carbonyl (C=O) groups excluding carboxylic acids is 1. The molecule has 0 aromatic carbocycles. The molecule has 114 valence electrons. The van der Waals surface area contributed by atoms with Crippen LogP contribution in [0.5, 0.6) is 0 Å². The van der Waals surface area contributed by atoms with Gasteiger partial charge in [-0.05, 0) is 32.6 Å². The van der Waals surface area contributed by atoms with Gasteiger partial charge in [0, 0.05) is 25.0 Å². The van der Waals surface area contributed by atoms with Crippen molar-refractivity contribution in [1.82, 2.24) is 10.0 Å². The molecule has 0 aromatic heterocycles. The number of nitrogens with two attached hydrogens (primary N) is 1. The summed E-state index contributed by atoms with van der Waals surface area (Å²) in [5, 5.41) is 2.82. The maximum absolute atomic E-state index is 11.7. The van der Waals surface area contributed by atoms with Crippen LogP contribution in [-0.4, -0.2) is 39.2 Å². The molecule has 19 heavy (non-hydrogen) atoms. The number of hydrogen-bond acceptors (Lipinski definition) is 4. The molecule has 1 rings (SSSR count). The van der Waals surface area contributed by atoms with E-state index in [0.29, 0.717) is 19.5 Å². The van der Waals surface area contributed by atoms with E-state index in [9.17, 15) is 13.2 Å². The van der Waals surface area contributed by atoms with Gasteiger partial charge in [-0.1, -0.05) is 0 Å². The van der Waals surface area contributed by atoms with Crippen LogP contribution >= 0.6 is 12.4 Å². The first kappa shape index (κ1) is 18.6. The lowest BCUT2D eigenvalue weighted by molar-refractivity contribution is -0.124. The van der Waals surface area contributed by atoms with Gasteiger partial charge < -0.3 is 11.1 Å². The van der Waals surface area contributed by atoms with Crippen molar-refractivity contribution in [2.75, 3.05) is 18.8 Å². The molecule has 4 N–H and O–H groups in total. The third-order valence-corrected chi connectivity index (χ3v) is 4.60. The van der Waals surface area contributed by atoms with Gasteiger partial charge in [-0.15, -0.1) is 12.4 Å². The summed E-state index contributed by atoms with van der Waals surface area (Å²) in [5.74, 6) is 0.160. The fourth-order valence-corrected chi connectivity index (χ4v) is 2.69. The number of hydrogen-bond donors (Lipinski definition) is 3. The van der Waals surface area contributed by atoms with Crippen LogP contribution in [0.1, 0.15) is 32.6 Å². The zero-order valence-electron chi connectivity index (χ0n) is 11.2. The zero-order chi connectivity index (χ0) is 13.6. The van der Waals surface area contributed by atoms with Crippen LogP contribution in [0.2, 0.25) is 0 Å². The Morgan fingerprint density at radius 2 is 2.00 bits per heavy atom. The molecule has 0 radical (unpaired) electrons. The molecular formula is C11H24ClN3O3S. The lowest BCUT2D eigenvalue weighted by atomic mass is 10.1. The lowest BCUT2D eigenvalue weighted by Gasteiger charge is -2.10. The highest BCUT2D eigenvalue weighted by molar-refractivity contribution is 7.89. The zero-order valence-corrected chi connectivity index (χ0v) is 12.9. The Hall–Kier alpha value is -0.370. The first-order valence-electron chi connectivity index (χ1n) is 6.45. The van der Waals surface area contributed by atoms with E-state index in [2.05, 4.69) is 10.0 Å². The Morgan fingerprint density at radius 1 is 1.32 bits per heavy atom. The summed E-state index contributed by atoms with van der Waals surface area (Å²) in [7, 11) is -3.12. The minimum Gasteiger partial charge on any atom is -0.356 e. The Bertz CT molecular complexity index is 375. The number of carbonyl (C=O) groups is 1. The van der Waals surface area contributed by atoms with E-state index in [1.54, 1.807) is 6.92 Å². The van der Waals surface area contributed by atoms with Crippen LogP contribution in [0, 0.1) is 5.92 Å². The van der Waals surface area contributed by atoms with Gasteiger partial charge >= 0.3 is 0 Å². The third kappa shape index (κ3) is 7.10. The first-order valence-corrected chi connectivity index (χ1v) is 8.10.